The highest BCUT2D eigenvalue weighted by Gasteiger charge is 2.27. The molecule has 1 amide bonds. The molecule has 0 N–H and O–H groups in total. The minimum Gasteiger partial charge on any atom is -0.473 e. The van der Waals surface area contributed by atoms with E-state index >= 15 is 0 Å². The standard InChI is InChI=1S/C14H14N4O5/c19-14(11-3-4-13(23-11)18(20)21)17-8-5-10(6-9-17)22-12-2-1-7-15-16-12/h1-4,7,10H,5-6,8-9H2. The number of furan rings is 1. The summed E-state index contributed by atoms with van der Waals surface area (Å²) in [6.45, 7) is 0.969. The van der Waals surface area contributed by atoms with Crippen LogP contribution >= 0.6 is 0 Å². The molecule has 9 heteroatoms. The van der Waals surface area contributed by atoms with Crippen LogP contribution in [-0.4, -0.2) is 45.1 Å². The van der Waals surface area contributed by atoms with Gasteiger partial charge in [-0.25, -0.2) is 0 Å². The molecule has 120 valence electrons. The van der Waals surface area contributed by atoms with Crippen LogP contribution in [0.5, 0.6) is 5.88 Å². The Hall–Kier alpha value is -2.97. The zero-order chi connectivity index (χ0) is 16.2. The molecule has 9 nitrogen and oxygen atoms in total. The van der Waals surface area contributed by atoms with Gasteiger partial charge in [-0.15, -0.1) is 5.10 Å². The van der Waals surface area contributed by atoms with E-state index in [1.807, 2.05) is 0 Å². The number of nitrogens with zero attached hydrogens (tertiary/aromatic N) is 4. The normalized spacial score (nSPS) is 15.4. The molecule has 0 aliphatic carbocycles. The fourth-order valence-electron chi connectivity index (χ4n) is 2.39. The molecule has 0 atom stereocenters. The molecular weight excluding hydrogens is 304 g/mol. The summed E-state index contributed by atoms with van der Waals surface area (Å²) in [5.41, 5.74) is 0. The molecule has 0 aromatic carbocycles. The summed E-state index contributed by atoms with van der Waals surface area (Å²) in [5.74, 6) is -0.353. The van der Waals surface area contributed by atoms with Crippen molar-refractivity contribution in [2.45, 2.75) is 18.9 Å². The first kappa shape index (κ1) is 14.9. The number of amides is 1. The van der Waals surface area contributed by atoms with Gasteiger partial charge in [-0.05, 0) is 12.1 Å². The van der Waals surface area contributed by atoms with Crippen LogP contribution in [0.15, 0.2) is 34.9 Å². The molecule has 3 heterocycles. The first-order valence-electron chi connectivity index (χ1n) is 7.11. The molecule has 3 rings (SSSR count). The summed E-state index contributed by atoms with van der Waals surface area (Å²) < 4.78 is 10.6. The number of likely N-dealkylation sites (tertiary alicyclic amines) is 1. The largest absolute Gasteiger partial charge is 0.473 e. The van der Waals surface area contributed by atoms with Crippen molar-refractivity contribution in [3.8, 4) is 5.88 Å². The van der Waals surface area contributed by atoms with Gasteiger partial charge >= 0.3 is 5.88 Å². The van der Waals surface area contributed by atoms with Crippen LogP contribution in [0.3, 0.4) is 0 Å². The maximum atomic E-state index is 12.2. The van der Waals surface area contributed by atoms with Crippen molar-refractivity contribution in [3.63, 3.8) is 0 Å². The Morgan fingerprint density at radius 1 is 1.35 bits per heavy atom. The second-order valence-corrected chi connectivity index (χ2v) is 5.07. The molecule has 0 unspecified atom stereocenters. The molecule has 0 spiro atoms. The van der Waals surface area contributed by atoms with Crippen LogP contribution in [0.4, 0.5) is 5.88 Å². The fourth-order valence-corrected chi connectivity index (χ4v) is 2.39. The summed E-state index contributed by atoms with van der Waals surface area (Å²) in [7, 11) is 0. The Kier molecular flexibility index (Phi) is 4.18. The summed E-state index contributed by atoms with van der Waals surface area (Å²) in [4.78, 5) is 23.8. The van der Waals surface area contributed by atoms with Gasteiger partial charge in [0.25, 0.3) is 5.91 Å². The second kappa shape index (κ2) is 6.42. The lowest BCUT2D eigenvalue weighted by atomic mass is 10.1. The van der Waals surface area contributed by atoms with Crippen LogP contribution in [0, 0.1) is 10.1 Å². The minimum atomic E-state index is -0.669. The zero-order valence-electron chi connectivity index (χ0n) is 12.1. The average molecular weight is 318 g/mol. The lowest BCUT2D eigenvalue weighted by Crippen LogP contribution is -2.41. The Labute approximate surface area is 131 Å². The van der Waals surface area contributed by atoms with Crippen molar-refractivity contribution >= 4 is 11.8 Å². The number of hydrogen-bond donors (Lipinski definition) is 0. The number of ether oxygens (including phenoxy) is 1. The fraction of sp³-hybridized carbons (Fsp3) is 0.357. The predicted molar refractivity (Wildman–Crippen MR) is 76.9 cm³/mol. The predicted octanol–water partition coefficient (Wildman–Crippen LogP) is 1.66. The first-order chi connectivity index (χ1) is 11.1. The third-order valence-corrected chi connectivity index (χ3v) is 3.55. The van der Waals surface area contributed by atoms with Crippen molar-refractivity contribution in [2.75, 3.05) is 13.1 Å². The van der Waals surface area contributed by atoms with Crippen LogP contribution < -0.4 is 4.74 Å². The van der Waals surface area contributed by atoms with Gasteiger partial charge in [0.05, 0.1) is 6.07 Å². The SMILES string of the molecule is O=C(c1ccc([N+](=O)[O-])o1)N1CCC(Oc2cccnn2)CC1. The summed E-state index contributed by atoms with van der Waals surface area (Å²) in [6, 6.07) is 5.97. The van der Waals surface area contributed by atoms with Gasteiger partial charge in [0, 0.05) is 38.2 Å². The van der Waals surface area contributed by atoms with Gasteiger partial charge in [-0.3, -0.25) is 14.9 Å². The Bertz CT molecular complexity index is 694. The van der Waals surface area contributed by atoms with Gasteiger partial charge in [-0.1, -0.05) is 0 Å². The monoisotopic (exact) mass is 318 g/mol. The Morgan fingerprint density at radius 2 is 2.13 bits per heavy atom. The maximum Gasteiger partial charge on any atom is 0.433 e. The maximum absolute atomic E-state index is 12.2. The highest BCUT2D eigenvalue weighted by Crippen LogP contribution is 2.21. The van der Waals surface area contributed by atoms with Crippen LogP contribution in [-0.2, 0) is 0 Å². The van der Waals surface area contributed by atoms with E-state index in [0.29, 0.717) is 31.8 Å². The van der Waals surface area contributed by atoms with Gasteiger partial charge < -0.3 is 14.1 Å². The smallest absolute Gasteiger partial charge is 0.433 e. The topological polar surface area (TPSA) is 112 Å². The van der Waals surface area contributed by atoms with Crippen LogP contribution in [0.2, 0.25) is 0 Å². The number of piperidine rings is 1. The van der Waals surface area contributed by atoms with Crippen LogP contribution in [0.1, 0.15) is 23.4 Å². The summed E-state index contributed by atoms with van der Waals surface area (Å²) >= 11 is 0. The van der Waals surface area contributed by atoms with E-state index in [4.69, 9.17) is 9.15 Å². The quantitative estimate of drug-likeness (QED) is 0.622. The number of carbonyl (C=O) groups is 1. The number of nitro groups is 1. The number of carbonyl (C=O) groups excluding carboxylic acids is 1. The number of rotatable bonds is 4. The second-order valence-electron chi connectivity index (χ2n) is 5.07. The molecule has 0 radical (unpaired) electrons. The molecule has 1 aliphatic heterocycles. The van der Waals surface area contributed by atoms with Gasteiger partial charge in [0.2, 0.25) is 5.88 Å². The number of hydrogen-bond acceptors (Lipinski definition) is 7. The third-order valence-electron chi connectivity index (χ3n) is 3.55. The van der Waals surface area contributed by atoms with E-state index in [1.165, 1.54) is 12.1 Å². The zero-order valence-corrected chi connectivity index (χ0v) is 12.1. The van der Waals surface area contributed by atoms with E-state index in [2.05, 4.69) is 10.2 Å². The van der Waals surface area contributed by atoms with Crippen molar-refractivity contribution in [2.24, 2.45) is 0 Å². The molecule has 2 aromatic heterocycles. The van der Waals surface area contributed by atoms with E-state index < -0.39 is 10.8 Å². The molecular formula is C14H14N4O5. The Morgan fingerprint density at radius 3 is 2.74 bits per heavy atom. The van der Waals surface area contributed by atoms with E-state index in [-0.39, 0.29) is 17.8 Å². The van der Waals surface area contributed by atoms with Gasteiger partial charge in [0.1, 0.15) is 11.0 Å². The third kappa shape index (κ3) is 3.44. The minimum absolute atomic E-state index is 0.0232. The van der Waals surface area contributed by atoms with E-state index in [1.54, 1.807) is 23.2 Å². The van der Waals surface area contributed by atoms with Gasteiger partial charge in [-0.2, -0.15) is 5.10 Å². The molecule has 2 aromatic rings. The van der Waals surface area contributed by atoms with Crippen molar-refractivity contribution in [3.05, 3.63) is 46.3 Å². The molecule has 1 aliphatic rings. The first-order valence-corrected chi connectivity index (χ1v) is 7.11. The van der Waals surface area contributed by atoms with E-state index in [0.717, 1.165) is 0 Å². The van der Waals surface area contributed by atoms with Gasteiger partial charge in [0.15, 0.2) is 5.76 Å². The highest BCUT2D eigenvalue weighted by molar-refractivity contribution is 5.91. The molecule has 1 fully saturated rings. The molecule has 0 saturated carbocycles. The highest BCUT2D eigenvalue weighted by atomic mass is 16.6. The average Bonchev–Trinajstić information content (AvgIpc) is 3.06. The molecule has 0 bridgehead atoms. The number of aromatic nitrogens is 2. The lowest BCUT2D eigenvalue weighted by molar-refractivity contribution is -0.402. The van der Waals surface area contributed by atoms with E-state index in [9.17, 15) is 14.9 Å². The van der Waals surface area contributed by atoms with Crippen LogP contribution in [0.25, 0.3) is 0 Å². The summed E-state index contributed by atoms with van der Waals surface area (Å²) in [6.07, 6.45) is 2.81. The van der Waals surface area contributed by atoms with Crippen molar-refractivity contribution in [1.82, 2.24) is 15.1 Å². The molecule has 1 saturated heterocycles. The lowest BCUT2D eigenvalue weighted by Gasteiger charge is -2.31. The summed E-state index contributed by atoms with van der Waals surface area (Å²) in [5, 5.41) is 18.2. The van der Waals surface area contributed by atoms with Crippen molar-refractivity contribution in [1.29, 1.82) is 0 Å². The molecule has 23 heavy (non-hydrogen) atoms. The van der Waals surface area contributed by atoms with Crippen molar-refractivity contribution < 1.29 is 18.9 Å². The Balaban J connectivity index is 1.55.